The zero-order valence-electron chi connectivity index (χ0n) is 10.3. The van der Waals surface area contributed by atoms with E-state index in [1.807, 2.05) is 0 Å². The maximum absolute atomic E-state index is 6.18. The van der Waals surface area contributed by atoms with E-state index < -0.39 is 0 Å². The molecule has 0 bridgehead atoms. The van der Waals surface area contributed by atoms with Crippen LogP contribution >= 0.6 is 11.6 Å². The van der Waals surface area contributed by atoms with E-state index in [1.54, 1.807) is 0 Å². The highest BCUT2D eigenvalue weighted by Crippen LogP contribution is 2.36. The second-order valence-corrected chi connectivity index (χ2v) is 5.52. The van der Waals surface area contributed by atoms with Crippen LogP contribution in [0.3, 0.4) is 0 Å². The second kappa shape index (κ2) is 4.74. The van der Waals surface area contributed by atoms with Crippen LogP contribution in [0.2, 0.25) is 5.28 Å². The van der Waals surface area contributed by atoms with Crippen molar-refractivity contribution < 1.29 is 0 Å². The Hall–Kier alpha value is -0.570. The molecule has 0 saturated heterocycles. The van der Waals surface area contributed by atoms with Crippen LogP contribution in [0.4, 0.5) is 0 Å². The molecule has 2 unspecified atom stereocenters. The van der Waals surface area contributed by atoms with Crippen LogP contribution < -0.4 is 0 Å². The summed E-state index contributed by atoms with van der Waals surface area (Å²) in [4.78, 5) is 0. The van der Waals surface area contributed by atoms with Gasteiger partial charge < -0.3 is 0 Å². The average Bonchev–Trinajstić information content (AvgIpc) is 2.61. The standard InChI is InChI=1S/C12H20ClN3/c1-8(2)11-14-15-12(13)16(11)10-7-5-4-6-9(10)3/h8-10H,4-7H2,1-3H3. The molecule has 0 radical (unpaired) electrons. The average molecular weight is 242 g/mol. The van der Waals surface area contributed by atoms with Gasteiger partial charge in [-0.15, -0.1) is 10.2 Å². The van der Waals surface area contributed by atoms with Gasteiger partial charge in [-0.1, -0.05) is 33.6 Å². The van der Waals surface area contributed by atoms with Gasteiger partial charge in [-0.2, -0.15) is 0 Å². The van der Waals surface area contributed by atoms with Crippen molar-refractivity contribution in [2.24, 2.45) is 5.92 Å². The lowest BCUT2D eigenvalue weighted by atomic mass is 9.85. The van der Waals surface area contributed by atoms with Crippen LogP contribution in [0.15, 0.2) is 0 Å². The van der Waals surface area contributed by atoms with E-state index in [9.17, 15) is 0 Å². The summed E-state index contributed by atoms with van der Waals surface area (Å²) in [6.07, 6.45) is 5.13. The first-order valence-corrected chi connectivity index (χ1v) is 6.59. The van der Waals surface area contributed by atoms with Crippen molar-refractivity contribution in [3.05, 3.63) is 11.1 Å². The fourth-order valence-electron chi connectivity index (χ4n) is 2.66. The minimum Gasteiger partial charge on any atom is -0.298 e. The molecule has 1 fully saturated rings. The van der Waals surface area contributed by atoms with Gasteiger partial charge in [-0.3, -0.25) is 4.57 Å². The highest BCUT2D eigenvalue weighted by Gasteiger charge is 2.28. The van der Waals surface area contributed by atoms with Crippen molar-refractivity contribution in [3.63, 3.8) is 0 Å². The fraction of sp³-hybridized carbons (Fsp3) is 0.833. The van der Waals surface area contributed by atoms with Crippen molar-refractivity contribution in [2.45, 2.75) is 58.4 Å². The maximum atomic E-state index is 6.18. The lowest BCUT2D eigenvalue weighted by Gasteiger charge is -2.31. The van der Waals surface area contributed by atoms with E-state index in [4.69, 9.17) is 11.6 Å². The summed E-state index contributed by atoms with van der Waals surface area (Å²) in [5.41, 5.74) is 0. The topological polar surface area (TPSA) is 30.7 Å². The van der Waals surface area contributed by atoms with Gasteiger partial charge in [0.05, 0.1) is 0 Å². The molecule has 1 heterocycles. The number of aromatic nitrogens is 3. The Bertz CT molecular complexity index is 359. The fourth-order valence-corrected chi connectivity index (χ4v) is 2.91. The molecule has 4 heteroatoms. The predicted octanol–water partition coefficient (Wildman–Crippen LogP) is 3.81. The molecule has 0 amide bonds. The van der Waals surface area contributed by atoms with Crippen LogP contribution in [0.25, 0.3) is 0 Å². The molecule has 2 atom stereocenters. The minimum atomic E-state index is 0.383. The quantitative estimate of drug-likeness (QED) is 0.789. The molecule has 90 valence electrons. The van der Waals surface area contributed by atoms with Gasteiger partial charge in [0.15, 0.2) is 0 Å². The summed E-state index contributed by atoms with van der Waals surface area (Å²) in [5.74, 6) is 2.10. The first-order valence-electron chi connectivity index (χ1n) is 6.21. The summed E-state index contributed by atoms with van der Waals surface area (Å²) in [6.45, 7) is 6.60. The summed E-state index contributed by atoms with van der Waals surface area (Å²) in [6, 6.07) is 0.494. The zero-order chi connectivity index (χ0) is 11.7. The Morgan fingerprint density at radius 3 is 2.56 bits per heavy atom. The number of hydrogen-bond acceptors (Lipinski definition) is 2. The summed E-state index contributed by atoms with van der Waals surface area (Å²) >= 11 is 6.18. The predicted molar refractivity (Wildman–Crippen MR) is 65.8 cm³/mol. The summed E-state index contributed by atoms with van der Waals surface area (Å²) in [7, 11) is 0. The lowest BCUT2D eigenvalue weighted by Crippen LogP contribution is -2.23. The SMILES string of the molecule is CC(C)c1nnc(Cl)n1C1CCCCC1C. The molecule has 0 aliphatic heterocycles. The van der Waals surface area contributed by atoms with Crippen LogP contribution in [0.5, 0.6) is 0 Å². The monoisotopic (exact) mass is 241 g/mol. The second-order valence-electron chi connectivity index (χ2n) is 5.18. The van der Waals surface area contributed by atoms with Gasteiger partial charge in [0, 0.05) is 12.0 Å². The number of rotatable bonds is 2. The number of halogens is 1. The van der Waals surface area contributed by atoms with Crippen LogP contribution in [0.1, 0.15) is 64.2 Å². The Balaban J connectivity index is 2.33. The van der Waals surface area contributed by atoms with Gasteiger partial charge in [0.2, 0.25) is 5.28 Å². The van der Waals surface area contributed by atoms with E-state index in [2.05, 4.69) is 35.5 Å². The largest absolute Gasteiger partial charge is 0.298 e. The lowest BCUT2D eigenvalue weighted by molar-refractivity contribution is 0.251. The van der Waals surface area contributed by atoms with E-state index >= 15 is 0 Å². The Morgan fingerprint density at radius 2 is 1.94 bits per heavy atom. The van der Waals surface area contributed by atoms with Crippen molar-refractivity contribution in [3.8, 4) is 0 Å². The van der Waals surface area contributed by atoms with Crippen molar-refractivity contribution in [2.75, 3.05) is 0 Å². The molecule has 1 aromatic rings. The molecular formula is C12H20ClN3. The normalized spacial score (nSPS) is 26.3. The van der Waals surface area contributed by atoms with Crippen LogP contribution in [-0.2, 0) is 0 Å². The third-order valence-electron chi connectivity index (χ3n) is 3.59. The van der Waals surface area contributed by atoms with E-state index in [0.29, 0.717) is 23.2 Å². The molecule has 1 aliphatic rings. The van der Waals surface area contributed by atoms with Crippen molar-refractivity contribution in [1.82, 2.24) is 14.8 Å². The van der Waals surface area contributed by atoms with E-state index in [-0.39, 0.29) is 0 Å². The van der Waals surface area contributed by atoms with E-state index in [0.717, 1.165) is 5.82 Å². The highest BCUT2D eigenvalue weighted by atomic mass is 35.5. The highest BCUT2D eigenvalue weighted by molar-refractivity contribution is 6.28. The van der Waals surface area contributed by atoms with Crippen LogP contribution in [0, 0.1) is 5.92 Å². The first-order chi connectivity index (χ1) is 7.61. The zero-order valence-corrected chi connectivity index (χ0v) is 11.0. The molecule has 16 heavy (non-hydrogen) atoms. The van der Waals surface area contributed by atoms with E-state index in [1.165, 1.54) is 25.7 Å². The first kappa shape index (κ1) is 11.9. The van der Waals surface area contributed by atoms with Gasteiger partial charge in [-0.05, 0) is 30.4 Å². The summed E-state index contributed by atoms with van der Waals surface area (Å²) < 4.78 is 2.16. The van der Waals surface area contributed by atoms with Gasteiger partial charge >= 0.3 is 0 Å². The third-order valence-corrected chi connectivity index (χ3v) is 3.85. The minimum absolute atomic E-state index is 0.383. The van der Waals surface area contributed by atoms with Crippen molar-refractivity contribution in [1.29, 1.82) is 0 Å². The molecule has 0 spiro atoms. The van der Waals surface area contributed by atoms with Gasteiger partial charge in [0.25, 0.3) is 0 Å². The molecule has 1 saturated carbocycles. The van der Waals surface area contributed by atoms with Gasteiger partial charge in [-0.25, -0.2) is 0 Å². The molecule has 1 aromatic heterocycles. The molecule has 3 nitrogen and oxygen atoms in total. The molecular weight excluding hydrogens is 222 g/mol. The molecule has 0 aromatic carbocycles. The maximum Gasteiger partial charge on any atom is 0.225 e. The Morgan fingerprint density at radius 1 is 1.25 bits per heavy atom. The number of hydrogen-bond donors (Lipinski definition) is 0. The smallest absolute Gasteiger partial charge is 0.225 e. The Kier molecular flexibility index (Phi) is 3.53. The van der Waals surface area contributed by atoms with Crippen molar-refractivity contribution >= 4 is 11.6 Å². The molecule has 2 rings (SSSR count). The Labute approximate surface area is 102 Å². The molecule has 0 N–H and O–H groups in total. The third kappa shape index (κ3) is 2.10. The number of nitrogens with zero attached hydrogens (tertiary/aromatic N) is 3. The molecule has 1 aliphatic carbocycles. The van der Waals surface area contributed by atoms with Gasteiger partial charge in [0.1, 0.15) is 5.82 Å². The summed E-state index contributed by atoms with van der Waals surface area (Å²) in [5, 5.41) is 8.79. The van der Waals surface area contributed by atoms with Crippen LogP contribution in [-0.4, -0.2) is 14.8 Å².